The van der Waals surface area contributed by atoms with Crippen LogP contribution < -0.4 is 14.8 Å². The van der Waals surface area contributed by atoms with Crippen molar-refractivity contribution < 1.29 is 9.47 Å². The van der Waals surface area contributed by atoms with Crippen LogP contribution in [0.3, 0.4) is 0 Å². The third kappa shape index (κ3) is 4.20. The highest BCUT2D eigenvalue weighted by atomic mass is 32.1. The highest BCUT2D eigenvalue weighted by Gasteiger charge is 2.13. The monoisotopic (exact) mass is 345 g/mol. The Hall–Kier alpha value is -2.21. The van der Waals surface area contributed by atoms with Gasteiger partial charge in [0.1, 0.15) is 0 Å². The first-order valence-corrected chi connectivity index (χ1v) is 8.97. The number of hydrogen-bond donors (Lipinski definition) is 1. The lowest BCUT2D eigenvalue weighted by Gasteiger charge is -2.21. The maximum Gasteiger partial charge on any atom is 0.231 e. The number of rotatable bonds is 6. The average molecular weight is 345 g/mol. The van der Waals surface area contributed by atoms with Crippen molar-refractivity contribution in [1.82, 2.24) is 10.2 Å². The summed E-state index contributed by atoms with van der Waals surface area (Å²) in [4.78, 5) is 7.93. The standard InChI is InChI=1S/C18H23N3O2S/c1-19-18(21(2)10-8-15-4-3-11-24-15)20-9-7-14-5-6-16-17(12-14)23-13-22-16/h3-6,11-12H,7-10,13H2,1-2H3,(H,19,20). The molecule has 1 aliphatic heterocycles. The lowest BCUT2D eigenvalue weighted by molar-refractivity contribution is 0.174. The van der Waals surface area contributed by atoms with E-state index in [4.69, 9.17) is 9.47 Å². The number of hydrogen-bond acceptors (Lipinski definition) is 4. The molecule has 0 unspecified atom stereocenters. The summed E-state index contributed by atoms with van der Waals surface area (Å²) in [5.74, 6) is 2.59. The van der Waals surface area contributed by atoms with Crippen molar-refractivity contribution in [2.75, 3.05) is 34.0 Å². The molecule has 2 heterocycles. The van der Waals surface area contributed by atoms with Crippen molar-refractivity contribution in [2.24, 2.45) is 4.99 Å². The molecule has 0 bridgehead atoms. The minimum absolute atomic E-state index is 0.318. The fourth-order valence-electron chi connectivity index (χ4n) is 2.64. The molecule has 0 atom stereocenters. The summed E-state index contributed by atoms with van der Waals surface area (Å²) in [5.41, 5.74) is 1.23. The molecule has 1 aromatic carbocycles. The van der Waals surface area contributed by atoms with Gasteiger partial charge >= 0.3 is 0 Å². The van der Waals surface area contributed by atoms with E-state index in [2.05, 4.69) is 45.8 Å². The second kappa shape index (κ2) is 8.06. The Morgan fingerprint density at radius 1 is 1.25 bits per heavy atom. The normalized spacial score (nSPS) is 13.2. The zero-order valence-electron chi connectivity index (χ0n) is 14.1. The van der Waals surface area contributed by atoms with Gasteiger partial charge in [-0.05, 0) is 42.0 Å². The molecule has 1 aliphatic rings. The molecule has 2 aromatic rings. The van der Waals surface area contributed by atoms with Crippen molar-refractivity contribution in [2.45, 2.75) is 12.8 Å². The maximum absolute atomic E-state index is 5.42. The van der Waals surface area contributed by atoms with Crippen LogP contribution in [-0.2, 0) is 12.8 Å². The summed E-state index contributed by atoms with van der Waals surface area (Å²) >= 11 is 1.80. The first-order chi connectivity index (χ1) is 11.8. The molecule has 3 rings (SSSR count). The molecule has 6 heteroatoms. The molecule has 0 saturated heterocycles. The van der Waals surface area contributed by atoms with E-state index in [1.54, 1.807) is 11.3 Å². The van der Waals surface area contributed by atoms with E-state index in [9.17, 15) is 0 Å². The first kappa shape index (κ1) is 16.6. The van der Waals surface area contributed by atoms with Gasteiger partial charge in [0.15, 0.2) is 17.5 Å². The first-order valence-electron chi connectivity index (χ1n) is 8.09. The number of nitrogens with zero attached hydrogens (tertiary/aromatic N) is 2. The zero-order chi connectivity index (χ0) is 16.8. The molecule has 5 nitrogen and oxygen atoms in total. The van der Waals surface area contributed by atoms with Gasteiger partial charge < -0.3 is 19.7 Å². The Morgan fingerprint density at radius 2 is 2.12 bits per heavy atom. The number of thiophene rings is 1. The van der Waals surface area contributed by atoms with Crippen molar-refractivity contribution in [3.05, 3.63) is 46.2 Å². The smallest absolute Gasteiger partial charge is 0.231 e. The van der Waals surface area contributed by atoms with Crippen LogP contribution in [0.2, 0.25) is 0 Å². The summed E-state index contributed by atoms with van der Waals surface area (Å²) in [6.07, 6.45) is 1.95. The summed E-state index contributed by atoms with van der Waals surface area (Å²) < 4.78 is 10.8. The summed E-state index contributed by atoms with van der Waals surface area (Å²) in [6, 6.07) is 10.4. The molecule has 1 N–H and O–H groups in total. The third-order valence-electron chi connectivity index (χ3n) is 3.98. The van der Waals surface area contributed by atoms with Gasteiger partial charge in [-0.25, -0.2) is 0 Å². The molecule has 0 amide bonds. The van der Waals surface area contributed by atoms with Gasteiger partial charge in [-0.1, -0.05) is 12.1 Å². The van der Waals surface area contributed by atoms with Crippen LogP contribution in [0.25, 0.3) is 0 Å². The predicted molar refractivity (Wildman–Crippen MR) is 98.3 cm³/mol. The van der Waals surface area contributed by atoms with Crippen LogP contribution in [0.5, 0.6) is 11.5 Å². The minimum Gasteiger partial charge on any atom is -0.454 e. The number of aliphatic imine (C=N–C) groups is 1. The molecular weight excluding hydrogens is 322 g/mol. The van der Waals surface area contributed by atoms with Gasteiger partial charge in [0, 0.05) is 32.1 Å². The van der Waals surface area contributed by atoms with Crippen LogP contribution in [0.1, 0.15) is 10.4 Å². The van der Waals surface area contributed by atoms with Gasteiger partial charge in [-0.15, -0.1) is 11.3 Å². The SMILES string of the molecule is CN=C(NCCc1ccc2c(c1)OCO2)N(C)CCc1cccs1. The molecule has 0 aliphatic carbocycles. The second-order valence-corrected chi connectivity index (χ2v) is 6.69. The fourth-order valence-corrected chi connectivity index (χ4v) is 3.34. The number of likely N-dealkylation sites (N-methyl/N-ethyl adjacent to an activating group) is 1. The molecular formula is C18H23N3O2S. The quantitative estimate of drug-likeness (QED) is 0.646. The van der Waals surface area contributed by atoms with Crippen molar-refractivity contribution in [3.8, 4) is 11.5 Å². The van der Waals surface area contributed by atoms with Gasteiger partial charge in [0.2, 0.25) is 6.79 Å². The molecule has 0 radical (unpaired) electrons. The van der Waals surface area contributed by atoms with Crippen LogP contribution in [0.4, 0.5) is 0 Å². The average Bonchev–Trinajstić information content (AvgIpc) is 3.27. The summed E-state index contributed by atoms with van der Waals surface area (Å²) in [7, 11) is 3.90. The molecule has 24 heavy (non-hydrogen) atoms. The largest absolute Gasteiger partial charge is 0.454 e. The lowest BCUT2D eigenvalue weighted by atomic mass is 10.1. The molecule has 0 spiro atoms. The predicted octanol–water partition coefficient (Wildman–Crippen LogP) is 2.77. The van der Waals surface area contributed by atoms with E-state index in [0.29, 0.717) is 6.79 Å². The van der Waals surface area contributed by atoms with Crippen molar-refractivity contribution in [3.63, 3.8) is 0 Å². The maximum atomic E-state index is 5.42. The minimum atomic E-state index is 0.318. The van der Waals surface area contributed by atoms with Crippen molar-refractivity contribution in [1.29, 1.82) is 0 Å². The van der Waals surface area contributed by atoms with E-state index in [-0.39, 0.29) is 0 Å². The van der Waals surface area contributed by atoms with Gasteiger partial charge in [-0.2, -0.15) is 0 Å². The zero-order valence-corrected chi connectivity index (χ0v) is 14.9. The second-order valence-electron chi connectivity index (χ2n) is 5.66. The number of guanidine groups is 1. The third-order valence-corrected chi connectivity index (χ3v) is 4.92. The van der Waals surface area contributed by atoms with Gasteiger partial charge in [0.25, 0.3) is 0 Å². The van der Waals surface area contributed by atoms with E-state index in [1.165, 1.54) is 10.4 Å². The molecule has 1 aromatic heterocycles. The Morgan fingerprint density at radius 3 is 2.92 bits per heavy atom. The Kier molecular flexibility index (Phi) is 5.59. The topological polar surface area (TPSA) is 46.1 Å². The number of fused-ring (bicyclic) bond motifs is 1. The number of benzene rings is 1. The van der Waals surface area contributed by atoms with Gasteiger partial charge in [-0.3, -0.25) is 4.99 Å². The Bertz CT molecular complexity index is 686. The highest BCUT2D eigenvalue weighted by molar-refractivity contribution is 7.09. The van der Waals surface area contributed by atoms with Crippen LogP contribution >= 0.6 is 11.3 Å². The summed E-state index contributed by atoms with van der Waals surface area (Å²) in [5, 5.41) is 5.54. The van der Waals surface area contributed by atoms with E-state index >= 15 is 0 Å². The van der Waals surface area contributed by atoms with Gasteiger partial charge in [0.05, 0.1) is 0 Å². The Labute approximate surface area is 146 Å². The Balaban J connectivity index is 1.45. The molecule has 0 saturated carbocycles. The van der Waals surface area contributed by atoms with Crippen LogP contribution in [0, 0.1) is 0 Å². The van der Waals surface area contributed by atoms with Crippen molar-refractivity contribution >= 4 is 17.3 Å². The van der Waals surface area contributed by atoms with E-state index < -0.39 is 0 Å². The molecule has 0 fully saturated rings. The van der Waals surface area contributed by atoms with E-state index in [0.717, 1.165) is 43.4 Å². The lowest BCUT2D eigenvalue weighted by Crippen LogP contribution is -2.40. The van der Waals surface area contributed by atoms with Crippen LogP contribution in [0.15, 0.2) is 40.7 Å². The summed E-state index contributed by atoms with van der Waals surface area (Å²) in [6.45, 7) is 2.10. The fraction of sp³-hybridized carbons (Fsp3) is 0.389. The van der Waals surface area contributed by atoms with Crippen LogP contribution in [-0.4, -0.2) is 44.8 Å². The van der Waals surface area contributed by atoms with E-state index in [1.807, 2.05) is 19.2 Å². The number of ether oxygens (including phenoxy) is 2. The highest BCUT2D eigenvalue weighted by Crippen LogP contribution is 2.32. The molecule has 128 valence electrons. The number of nitrogens with one attached hydrogen (secondary N) is 1.